The molecule has 5 N–H and O–H groups in total. The van der Waals surface area contributed by atoms with Crippen molar-refractivity contribution in [1.29, 1.82) is 0 Å². The SMILES string of the molecule is O=C(NC(Cc1ccccc1)P(=O)(O)CC1(C(=O)N[C@@H](Cc2ccc(O)cc2)C(=O)O)CCCC1)OCc1ccccc1. The molecular formula is C32H37N2O8P. The van der Waals surface area contributed by atoms with Crippen LogP contribution in [0.1, 0.15) is 42.4 Å². The minimum absolute atomic E-state index is 0.0234. The molecule has 1 saturated carbocycles. The topological polar surface area (TPSA) is 162 Å². The molecule has 43 heavy (non-hydrogen) atoms. The van der Waals surface area contributed by atoms with E-state index < -0.39 is 48.7 Å². The van der Waals surface area contributed by atoms with Gasteiger partial charge in [-0.2, -0.15) is 0 Å². The third kappa shape index (κ3) is 8.92. The molecule has 0 aliphatic heterocycles. The molecule has 2 unspecified atom stereocenters. The normalized spacial score (nSPS) is 16.8. The van der Waals surface area contributed by atoms with E-state index in [-0.39, 0.29) is 25.2 Å². The van der Waals surface area contributed by atoms with Crippen LogP contribution in [0.2, 0.25) is 0 Å². The molecule has 1 aliphatic rings. The standard InChI is InChI=1S/C32H37N2O8P/c35-26-15-13-24(14-16-26)19-27(29(36)37)33-30(38)32(17-7-8-18-32)22-43(40,41)28(20-23-9-3-1-4-10-23)34-31(39)42-21-25-11-5-2-6-12-25/h1-6,9-16,27-28,35H,7-8,17-22H2,(H,33,38)(H,34,39)(H,36,37)(H,40,41)/t27-,28?/m0/s1. The second kappa shape index (κ2) is 14.4. The molecule has 0 spiro atoms. The van der Waals surface area contributed by atoms with E-state index in [1.54, 1.807) is 48.5 Å². The van der Waals surface area contributed by atoms with Crippen molar-refractivity contribution < 1.29 is 38.8 Å². The molecule has 3 aromatic carbocycles. The number of alkyl carbamates (subject to hydrolysis) is 1. The van der Waals surface area contributed by atoms with Crippen LogP contribution in [0.4, 0.5) is 4.79 Å². The summed E-state index contributed by atoms with van der Waals surface area (Å²) in [7, 11) is -4.27. The average Bonchev–Trinajstić information content (AvgIpc) is 3.46. The van der Waals surface area contributed by atoms with E-state index in [4.69, 9.17) is 4.74 Å². The summed E-state index contributed by atoms with van der Waals surface area (Å²) in [4.78, 5) is 50.1. The lowest BCUT2D eigenvalue weighted by atomic mass is 9.87. The number of phenols is 1. The highest BCUT2D eigenvalue weighted by Crippen LogP contribution is 2.55. The fraction of sp³-hybridized carbons (Fsp3) is 0.344. The highest BCUT2D eigenvalue weighted by atomic mass is 31.2. The Morgan fingerprint density at radius 2 is 1.37 bits per heavy atom. The zero-order valence-electron chi connectivity index (χ0n) is 23.7. The van der Waals surface area contributed by atoms with Gasteiger partial charge in [0.05, 0.1) is 5.41 Å². The van der Waals surface area contributed by atoms with E-state index in [2.05, 4.69) is 10.6 Å². The number of rotatable bonds is 13. The number of phenolic OH excluding ortho intramolecular Hbond substituents is 1. The van der Waals surface area contributed by atoms with Gasteiger partial charge in [0.25, 0.3) is 0 Å². The largest absolute Gasteiger partial charge is 0.508 e. The van der Waals surface area contributed by atoms with Gasteiger partial charge in [-0.1, -0.05) is 85.6 Å². The summed E-state index contributed by atoms with van der Waals surface area (Å²) in [6.07, 6.45) is 0.622. The first-order chi connectivity index (χ1) is 20.6. The number of aliphatic carboxylic acids is 1. The van der Waals surface area contributed by atoms with E-state index in [0.717, 1.165) is 11.1 Å². The first kappa shape index (κ1) is 31.8. The smallest absolute Gasteiger partial charge is 0.408 e. The van der Waals surface area contributed by atoms with E-state index in [1.165, 1.54) is 12.1 Å². The molecule has 228 valence electrons. The third-order valence-corrected chi connectivity index (χ3v) is 10.2. The molecule has 0 bridgehead atoms. The van der Waals surface area contributed by atoms with E-state index in [1.807, 2.05) is 24.3 Å². The van der Waals surface area contributed by atoms with Crippen molar-refractivity contribution in [3.8, 4) is 5.75 Å². The van der Waals surface area contributed by atoms with Crippen LogP contribution in [0.25, 0.3) is 0 Å². The van der Waals surface area contributed by atoms with Crippen molar-refractivity contribution in [2.24, 2.45) is 5.41 Å². The summed E-state index contributed by atoms with van der Waals surface area (Å²) in [5.74, 6) is -3.05. The summed E-state index contributed by atoms with van der Waals surface area (Å²) in [6, 6.07) is 22.7. The summed E-state index contributed by atoms with van der Waals surface area (Å²) < 4.78 is 19.4. The number of carboxylic acid groups (broad SMARTS) is 1. The number of aromatic hydroxyl groups is 1. The summed E-state index contributed by atoms with van der Waals surface area (Å²) in [5, 5.41) is 24.6. The monoisotopic (exact) mass is 608 g/mol. The molecule has 0 heterocycles. The Kier molecular flexibility index (Phi) is 10.6. The highest BCUT2D eigenvalue weighted by Gasteiger charge is 2.49. The van der Waals surface area contributed by atoms with Gasteiger partial charge in [0.2, 0.25) is 13.3 Å². The average molecular weight is 609 g/mol. The van der Waals surface area contributed by atoms with Gasteiger partial charge >= 0.3 is 12.1 Å². The minimum atomic E-state index is -4.27. The van der Waals surface area contributed by atoms with Crippen molar-refractivity contribution in [1.82, 2.24) is 10.6 Å². The third-order valence-electron chi connectivity index (χ3n) is 7.81. The molecule has 1 fully saturated rings. The maximum atomic E-state index is 14.1. The fourth-order valence-electron chi connectivity index (χ4n) is 5.46. The number of benzene rings is 3. The molecule has 3 atom stereocenters. The van der Waals surface area contributed by atoms with Crippen molar-refractivity contribution in [3.63, 3.8) is 0 Å². The molecule has 2 amide bonds. The lowest BCUT2D eigenvalue weighted by molar-refractivity contribution is -0.143. The number of amides is 2. The Balaban J connectivity index is 1.52. The Bertz CT molecular complexity index is 1430. The molecule has 4 rings (SSSR count). The van der Waals surface area contributed by atoms with Crippen LogP contribution >= 0.6 is 7.37 Å². The van der Waals surface area contributed by atoms with Gasteiger partial charge in [-0.3, -0.25) is 9.36 Å². The quantitative estimate of drug-likeness (QED) is 0.172. The Morgan fingerprint density at radius 1 is 0.814 bits per heavy atom. The molecule has 0 aromatic heterocycles. The number of hydrogen-bond acceptors (Lipinski definition) is 6. The summed E-state index contributed by atoms with van der Waals surface area (Å²) in [5.41, 5.74) is 0.790. The van der Waals surface area contributed by atoms with Gasteiger partial charge in [0.15, 0.2) is 0 Å². The van der Waals surface area contributed by atoms with Gasteiger partial charge in [-0.25, -0.2) is 9.59 Å². The van der Waals surface area contributed by atoms with E-state index >= 15 is 0 Å². The van der Waals surface area contributed by atoms with Crippen molar-refractivity contribution in [3.05, 3.63) is 102 Å². The summed E-state index contributed by atoms with van der Waals surface area (Å²) in [6.45, 7) is -0.0234. The Hall–Kier alpha value is -4.14. The zero-order valence-corrected chi connectivity index (χ0v) is 24.6. The van der Waals surface area contributed by atoms with Gasteiger partial charge in [-0.05, 0) is 41.7 Å². The lowest BCUT2D eigenvalue weighted by Crippen LogP contribution is -2.50. The van der Waals surface area contributed by atoms with Crippen molar-refractivity contribution >= 4 is 25.3 Å². The predicted molar refractivity (Wildman–Crippen MR) is 161 cm³/mol. The maximum Gasteiger partial charge on any atom is 0.408 e. The van der Waals surface area contributed by atoms with Crippen LogP contribution in [0.5, 0.6) is 5.75 Å². The number of ether oxygens (including phenoxy) is 1. The van der Waals surface area contributed by atoms with Crippen LogP contribution in [-0.2, 0) is 38.3 Å². The lowest BCUT2D eigenvalue weighted by Gasteiger charge is -2.34. The number of nitrogens with one attached hydrogen (secondary N) is 2. The molecular weight excluding hydrogens is 571 g/mol. The van der Waals surface area contributed by atoms with Crippen LogP contribution < -0.4 is 10.6 Å². The Labute approximate surface area is 250 Å². The number of hydrogen-bond donors (Lipinski definition) is 5. The fourth-order valence-corrected chi connectivity index (χ4v) is 7.82. The molecule has 11 heteroatoms. The number of carbonyl (C=O) groups is 3. The molecule has 0 radical (unpaired) electrons. The van der Waals surface area contributed by atoms with Crippen molar-refractivity contribution in [2.75, 3.05) is 6.16 Å². The summed E-state index contributed by atoms with van der Waals surface area (Å²) >= 11 is 0. The maximum absolute atomic E-state index is 14.1. The number of carboxylic acids is 1. The van der Waals surface area contributed by atoms with Gasteiger partial charge in [0, 0.05) is 19.0 Å². The second-order valence-electron chi connectivity index (χ2n) is 11.0. The van der Waals surface area contributed by atoms with Crippen LogP contribution in [-0.4, -0.2) is 51.1 Å². The van der Waals surface area contributed by atoms with Gasteiger partial charge < -0.3 is 30.5 Å². The first-order valence-corrected chi connectivity index (χ1v) is 16.1. The predicted octanol–water partition coefficient (Wildman–Crippen LogP) is 4.83. The van der Waals surface area contributed by atoms with E-state index in [0.29, 0.717) is 31.2 Å². The second-order valence-corrected chi connectivity index (χ2v) is 13.5. The van der Waals surface area contributed by atoms with Gasteiger partial charge in [0.1, 0.15) is 24.2 Å². The van der Waals surface area contributed by atoms with Crippen LogP contribution in [0.15, 0.2) is 84.9 Å². The molecule has 0 saturated heterocycles. The van der Waals surface area contributed by atoms with Crippen LogP contribution in [0.3, 0.4) is 0 Å². The minimum Gasteiger partial charge on any atom is -0.508 e. The van der Waals surface area contributed by atoms with Crippen LogP contribution in [0, 0.1) is 5.41 Å². The molecule has 1 aliphatic carbocycles. The van der Waals surface area contributed by atoms with Crippen molar-refractivity contribution in [2.45, 2.75) is 57.0 Å². The molecule has 3 aromatic rings. The van der Waals surface area contributed by atoms with E-state index in [9.17, 15) is 34.1 Å². The number of carbonyl (C=O) groups excluding carboxylic acids is 2. The highest BCUT2D eigenvalue weighted by molar-refractivity contribution is 7.58. The molecule has 10 nitrogen and oxygen atoms in total. The Morgan fingerprint density at radius 3 is 1.95 bits per heavy atom. The zero-order chi connectivity index (χ0) is 30.9. The first-order valence-electron chi connectivity index (χ1n) is 14.2. The van der Waals surface area contributed by atoms with Gasteiger partial charge in [-0.15, -0.1) is 0 Å².